The zero-order valence-electron chi connectivity index (χ0n) is 13.6. The van der Waals surface area contributed by atoms with Gasteiger partial charge in [-0.3, -0.25) is 4.79 Å². The van der Waals surface area contributed by atoms with E-state index in [1.807, 2.05) is 33.2 Å². The lowest BCUT2D eigenvalue weighted by molar-refractivity contribution is -0.241. The van der Waals surface area contributed by atoms with Crippen LogP contribution in [0.25, 0.3) is 0 Å². The van der Waals surface area contributed by atoms with Crippen molar-refractivity contribution in [3.63, 3.8) is 0 Å². The molecule has 0 amide bonds. The number of aliphatic hydroxyl groups is 1. The quantitative estimate of drug-likeness (QED) is 0.333. The summed E-state index contributed by atoms with van der Waals surface area (Å²) >= 11 is 0. The normalized spacial score (nSPS) is 34.7. The summed E-state index contributed by atoms with van der Waals surface area (Å²) in [6.07, 6.45) is 4.41. The summed E-state index contributed by atoms with van der Waals surface area (Å²) in [5.74, 6) is -1.03. The van der Waals surface area contributed by atoms with Crippen molar-refractivity contribution in [3.05, 3.63) is 12.2 Å². The van der Waals surface area contributed by atoms with Crippen LogP contribution in [0.3, 0.4) is 0 Å². The van der Waals surface area contributed by atoms with E-state index in [-0.39, 0.29) is 18.0 Å². The first-order valence-electron chi connectivity index (χ1n) is 7.62. The summed E-state index contributed by atoms with van der Waals surface area (Å²) in [6.45, 7) is 5.54. The lowest BCUT2D eigenvalue weighted by atomic mass is 9.81. The summed E-state index contributed by atoms with van der Waals surface area (Å²) in [5, 5.41) is 9.86. The first kappa shape index (κ1) is 16.5. The minimum absolute atomic E-state index is 0.195. The number of hydrogen-bond acceptors (Lipinski definition) is 5. The minimum atomic E-state index is -1.22. The molecule has 2 aliphatic rings. The highest BCUT2D eigenvalue weighted by molar-refractivity contribution is 5.77. The fourth-order valence-electron chi connectivity index (χ4n) is 3.47. The van der Waals surface area contributed by atoms with Gasteiger partial charge in [-0.2, -0.15) is 0 Å². The predicted molar refractivity (Wildman–Crippen MR) is 79.5 cm³/mol. The van der Waals surface area contributed by atoms with Gasteiger partial charge < -0.3 is 19.5 Å². The molecule has 0 aromatic heterocycles. The number of ether oxygens (including phenoxy) is 2. The van der Waals surface area contributed by atoms with Crippen LogP contribution in [0.1, 0.15) is 27.2 Å². The topological polar surface area (TPSA) is 59.0 Å². The number of carbonyl (C=O) groups excluding carboxylic acids is 1. The Bertz CT molecular complexity index is 413. The van der Waals surface area contributed by atoms with Crippen molar-refractivity contribution in [2.24, 2.45) is 17.8 Å². The van der Waals surface area contributed by atoms with Crippen LogP contribution in [0.15, 0.2) is 12.2 Å². The molecule has 0 aromatic carbocycles. The summed E-state index contributed by atoms with van der Waals surface area (Å²) in [5.41, 5.74) is 0. The molecule has 3 unspecified atom stereocenters. The second kappa shape index (κ2) is 6.07. The monoisotopic (exact) mass is 297 g/mol. The molecule has 2 fully saturated rings. The van der Waals surface area contributed by atoms with E-state index in [1.165, 1.54) is 0 Å². The molecular weight excluding hydrogens is 270 g/mol. The van der Waals surface area contributed by atoms with Crippen molar-refractivity contribution < 1.29 is 19.4 Å². The van der Waals surface area contributed by atoms with Gasteiger partial charge in [-0.1, -0.05) is 12.2 Å². The van der Waals surface area contributed by atoms with Crippen LogP contribution in [-0.4, -0.2) is 54.6 Å². The molecule has 2 rings (SSSR count). The Hall–Kier alpha value is -0.910. The molecule has 21 heavy (non-hydrogen) atoms. The molecule has 0 spiro atoms. The van der Waals surface area contributed by atoms with Crippen molar-refractivity contribution in [3.8, 4) is 0 Å². The van der Waals surface area contributed by atoms with Gasteiger partial charge in [0, 0.05) is 12.0 Å². The predicted octanol–water partition coefficient (Wildman–Crippen LogP) is 1.42. The molecule has 0 heterocycles. The van der Waals surface area contributed by atoms with Gasteiger partial charge in [0.25, 0.3) is 0 Å². The second-order valence-electron chi connectivity index (χ2n) is 6.69. The molecule has 2 saturated carbocycles. The molecule has 5 nitrogen and oxygen atoms in total. The molecule has 2 aliphatic carbocycles. The van der Waals surface area contributed by atoms with E-state index in [9.17, 15) is 9.90 Å². The maximum Gasteiger partial charge on any atom is 0.311 e. The molecule has 5 heteroatoms. The lowest BCUT2D eigenvalue weighted by Crippen LogP contribution is -2.47. The molecule has 5 atom stereocenters. The molecule has 1 N–H and O–H groups in total. The van der Waals surface area contributed by atoms with Gasteiger partial charge in [-0.25, -0.2) is 0 Å². The smallest absolute Gasteiger partial charge is 0.311 e. The van der Waals surface area contributed by atoms with Gasteiger partial charge in [-0.15, -0.1) is 0 Å². The van der Waals surface area contributed by atoms with Gasteiger partial charge in [-0.05, 0) is 47.2 Å². The molecular formula is C16H27NO4. The van der Waals surface area contributed by atoms with Crippen LogP contribution >= 0.6 is 0 Å². The van der Waals surface area contributed by atoms with Crippen LogP contribution < -0.4 is 0 Å². The Labute approximate surface area is 126 Å². The van der Waals surface area contributed by atoms with E-state index in [0.29, 0.717) is 24.5 Å². The van der Waals surface area contributed by atoms with E-state index in [2.05, 4.69) is 4.90 Å². The zero-order chi connectivity index (χ0) is 15.8. The third-order valence-electron chi connectivity index (χ3n) is 4.30. The molecule has 120 valence electrons. The van der Waals surface area contributed by atoms with Gasteiger partial charge in [0.05, 0.1) is 18.6 Å². The third-order valence-corrected chi connectivity index (χ3v) is 4.30. The number of rotatable bonds is 7. The number of allylic oxidation sites excluding steroid dienone is 1. The fraction of sp³-hybridized carbons (Fsp3) is 0.812. The zero-order valence-corrected chi connectivity index (χ0v) is 13.6. The highest BCUT2D eigenvalue weighted by atomic mass is 16.6. The van der Waals surface area contributed by atoms with E-state index in [4.69, 9.17) is 9.47 Å². The maximum atomic E-state index is 12.3. The Morgan fingerprint density at radius 2 is 2.00 bits per heavy atom. The number of esters is 1. The average molecular weight is 297 g/mol. The highest BCUT2D eigenvalue weighted by Gasteiger charge is 2.74. The number of nitrogens with zero attached hydrogens (tertiary/aromatic N) is 1. The SMILES string of the molecule is CC=CCCOC(=O)C1[C@@H](OC(C)(C)O)C2C(N(C)C)[C@H]12. The van der Waals surface area contributed by atoms with E-state index in [1.54, 1.807) is 13.8 Å². The number of fused-ring (bicyclic) bond motifs is 1. The highest BCUT2D eigenvalue weighted by Crippen LogP contribution is 2.63. The Morgan fingerprint density at radius 3 is 2.52 bits per heavy atom. The Morgan fingerprint density at radius 1 is 1.33 bits per heavy atom. The Kier molecular flexibility index (Phi) is 4.76. The minimum Gasteiger partial charge on any atom is -0.465 e. The fourth-order valence-corrected chi connectivity index (χ4v) is 3.47. The van der Waals surface area contributed by atoms with Crippen LogP contribution in [0.2, 0.25) is 0 Å². The number of hydrogen-bond donors (Lipinski definition) is 1. The van der Waals surface area contributed by atoms with Gasteiger partial charge in [0.15, 0.2) is 5.79 Å². The van der Waals surface area contributed by atoms with Gasteiger partial charge in [0.2, 0.25) is 0 Å². The maximum absolute atomic E-state index is 12.3. The summed E-state index contributed by atoms with van der Waals surface area (Å²) < 4.78 is 11.0. The van der Waals surface area contributed by atoms with Crippen molar-refractivity contribution in [2.75, 3.05) is 20.7 Å². The van der Waals surface area contributed by atoms with Gasteiger partial charge >= 0.3 is 5.97 Å². The first-order chi connectivity index (χ1) is 9.78. The summed E-state index contributed by atoms with van der Waals surface area (Å²) in [7, 11) is 4.02. The van der Waals surface area contributed by atoms with Crippen LogP contribution in [-0.2, 0) is 14.3 Å². The van der Waals surface area contributed by atoms with Crippen molar-refractivity contribution in [1.82, 2.24) is 4.90 Å². The standard InChI is InChI=1S/C16H27NO4/c1-6-7-8-9-20-15(18)12-10-11(13(10)17(4)5)14(12)21-16(2,3)19/h6-7,10-14,19H,8-9H2,1-5H3/t10-,11?,12?,13?,14-/m0/s1. The summed E-state index contributed by atoms with van der Waals surface area (Å²) in [4.78, 5) is 14.4. The number of carbonyl (C=O) groups is 1. The van der Waals surface area contributed by atoms with Crippen molar-refractivity contribution in [2.45, 2.75) is 45.1 Å². The van der Waals surface area contributed by atoms with Crippen molar-refractivity contribution in [1.29, 1.82) is 0 Å². The second-order valence-corrected chi connectivity index (χ2v) is 6.69. The molecule has 0 saturated heterocycles. The average Bonchev–Trinajstić information content (AvgIpc) is 3.00. The van der Waals surface area contributed by atoms with Crippen LogP contribution in [0, 0.1) is 17.8 Å². The lowest BCUT2D eigenvalue weighted by Gasteiger charge is -2.37. The van der Waals surface area contributed by atoms with E-state index in [0.717, 1.165) is 6.42 Å². The summed E-state index contributed by atoms with van der Waals surface area (Å²) in [6, 6.07) is 0.352. The molecule has 0 radical (unpaired) electrons. The molecule has 0 bridgehead atoms. The largest absolute Gasteiger partial charge is 0.465 e. The van der Waals surface area contributed by atoms with Crippen LogP contribution in [0.4, 0.5) is 0 Å². The molecule has 0 aromatic rings. The molecule has 0 aliphatic heterocycles. The van der Waals surface area contributed by atoms with Crippen LogP contribution in [0.5, 0.6) is 0 Å². The van der Waals surface area contributed by atoms with E-state index < -0.39 is 5.79 Å². The van der Waals surface area contributed by atoms with E-state index >= 15 is 0 Å². The van der Waals surface area contributed by atoms with Gasteiger partial charge in [0.1, 0.15) is 0 Å². The third kappa shape index (κ3) is 3.47. The first-order valence-corrected chi connectivity index (χ1v) is 7.62. The Balaban J connectivity index is 1.94. The van der Waals surface area contributed by atoms with Crippen molar-refractivity contribution >= 4 is 5.97 Å².